The predicted octanol–water partition coefficient (Wildman–Crippen LogP) is 2.94. The van der Waals surface area contributed by atoms with Crippen LogP contribution in [0.4, 0.5) is 13.2 Å². The first kappa shape index (κ1) is 12.5. The number of para-hydroxylation sites is 1. The fraction of sp³-hybridized carbons (Fsp3) is 0.0769. The summed E-state index contributed by atoms with van der Waals surface area (Å²) in [6.07, 6.45) is -3.64. The van der Waals surface area contributed by atoms with Crippen LogP contribution >= 0.6 is 0 Å². The zero-order chi connectivity index (χ0) is 14.3. The Kier molecular flexibility index (Phi) is 2.63. The minimum Gasteiger partial charge on any atom is -0.306 e. The van der Waals surface area contributed by atoms with Gasteiger partial charge in [-0.1, -0.05) is 12.1 Å². The predicted molar refractivity (Wildman–Crippen MR) is 67.2 cm³/mol. The van der Waals surface area contributed by atoms with E-state index in [0.717, 1.165) is 12.3 Å². The van der Waals surface area contributed by atoms with E-state index in [-0.39, 0.29) is 5.69 Å². The first-order valence-electron chi connectivity index (χ1n) is 5.70. The van der Waals surface area contributed by atoms with Crippen LogP contribution in [0.1, 0.15) is 5.56 Å². The molecule has 2 aromatic heterocycles. The first-order chi connectivity index (χ1) is 9.45. The highest BCUT2D eigenvalue weighted by Crippen LogP contribution is 2.30. The molecular weight excluding hydrogens is 271 g/mol. The van der Waals surface area contributed by atoms with Crippen molar-refractivity contribution < 1.29 is 13.2 Å². The molecule has 0 radical (unpaired) electrons. The minimum atomic E-state index is -4.42. The van der Waals surface area contributed by atoms with Crippen LogP contribution in [0.2, 0.25) is 0 Å². The highest BCUT2D eigenvalue weighted by atomic mass is 19.4. The lowest BCUT2D eigenvalue weighted by Gasteiger charge is -2.07. The average Bonchev–Trinajstić information content (AvgIpc) is 2.78. The van der Waals surface area contributed by atoms with Crippen molar-refractivity contribution in [3.8, 4) is 11.3 Å². The van der Waals surface area contributed by atoms with Crippen LogP contribution in [0.5, 0.6) is 0 Å². The molecule has 0 unspecified atom stereocenters. The van der Waals surface area contributed by atoms with E-state index in [9.17, 15) is 18.0 Å². The van der Waals surface area contributed by atoms with Gasteiger partial charge in [-0.15, -0.1) is 0 Å². The third kappa shape index (κ3) is 2.07. The molecule has 0 atom stereocenters. The molecular formula is C13H8F3N3O. The second-order valence-corrected chi connectivity index (χ2v) is 4.24. The third-order valence-corrected chi connectivity index (χ3v) is 2.92. The molecule has 0 aliphatic carbocycles. The fourth-order valence-electron chi connectivity index (χ4n) is 1.99. The van der Waals surface area contributed by atoms with E-state index in [0.29, 0.717) is 22.3 Å². The molecule has 3 rings (SSSR count). The van der Waals surface area contributed by atoms with Crippen LogP contribution in [-0.2, 0) is 6.18 Å². The molecule has 7 heteroatoms. The molecule has 102 valence electrons. The number of halogens is 3. The highest BCUT2D eigenvalue weighted by Gasteiger charge is 2.30. The van der Waals surface area contributed by atoms with Gasteiger partial charge in [0.15, 0.2) is 0 Å². The van der Waals surface area contributed by atoms with Crippen molar-refractivity contribution in [2.75, 3.05) is 0 Å². The Bertz CT molecular complexity index is 815. The number of H-pyrrole nitrogens is 2. The number of alkyl halides is 3. The summed E-state index contributed by atoms with van der Waals surface area (Å²) in [6.45, 7) is 0. The monoisotopic (exact) mass is 279 g/mol. The number of hydrogen-bond donors (Lipinski definition) is 2. The SMILES string of the molecule is O=c1[nH]c2cccc(-c3ccc(C(F)(F)F)cn3)c2[nH]1. The molecule has 0 amide bonds. The summed E-state index contributed by atoms with van der Waals surface area (Å²) in [4.78, 5) is 20.3. The van der Waals surface area contributed by atoms with Gasteiger partial charge in [0, 0.05) is 11.8 Å². The van der Waals surface area contributed by atoms with Gasteiger partial charge in [0.2, 0.25) is 0 Å². The number of nitrogens with zero attached hydrogens (tertiary/aromatic N) is 1. The molecule has 0 saturated carbocycles. The fourth-order valence-corrected chi connectivity index (χ4v) is 1.99. The average molecular weight is 279 g/mol. The van der Waals surface area contributed by atoms with E-state index in [1.165, 1.54) is 6.07 Å². The summed E-state index contributed by atoms with van der Waals surface area (Å²) < 4.78 is 37.5. The summed E-state index contributed by atoms with van der Waals surface area (Å²) in [5.41, 5.74) is 0.836. The van der Waals surface area contributed by atoms with Crippen LogP contribution in [0.25, 0.3) is 22.3 Å². The quantitative estimate of drug-likeness (QED) is 0.719. The van der Waals surface area contributed by atoms with Gasteiger partial charge in [-0.3, -0.25) is 4.98 Å². The summed E-state index contributed by atoms with van der Waals surface area (Å²) in [5.74, 6) is 0. The van der Waals surface area contributed by atoms with Gasteiger partial charge in [-0.25, -0.2) is 4.79 Å². The second kappa shape index (κ2) is 4.22. The standard InChI is InChI=1S/C13H8F3N3O/c14-13(15,16)7-4-5-9(17-6-7)8-2-1-3-10-11(8)19-12(20)18-10/h1-6H,(H2,18,19,20). The summed E-state index contributed by atoms with van der Waals surface area (Å²) >= 11 is 0. The number of hydrogen-bond acceptors (Lipinski definition) is 2. The zero-order valence-corrected chi connectivity index (χ0v) is 9.95. The van der Waals surface area contributed by atoms with Crippen LogP contribution in [-0.4, -0.2) is 15.0 Å². The number of benzene rings is 1. The Hall–Kier alpha value is -2.57. The molecule has 4 nitrogen and oxygen atoms in total. The first-order valence-corrected chi connectivity index (χ1v) is 5.70. The lowest BCUT2D eigenvalue weighted by molar-refractivity contribution is -0.137. The number of rotatable bonds is 1. The van der Waals surface area contributed by atoms with E-state index in [1.54, 1.807) is 18.2 Å². The van der Waals surface area contributed by atoms with Crippen LogP contribution in [0.15, 0.2) is 41.3 Å². The van der Waals surface area contributed by atoms with Gasteiger partial charge in [0.1, 0.15) is 0 Å². The van der Waals surface area contributed by atoms with Gasteiger partial charge in [0.05, 0.1) is 22.3 Å². The minimum absolute atomic E-state index is 0.360. The van der Waals surface area contributed by atoms with Crippen molar-refractivity contribution in [1.29, 1.82) is 0 Å². The third-order valence-electron chi connectivity index (χ3n) is 2.92. The molecule has 0 spiro atoms. The topological polar surface area (TPSA) is 61.5 Å². The van der Waals surface area contributed by atoms with E-state index in [2.05, 4.69) is 15.0 Å². The lowest BCUT2D eigenvalue weighted by Crippen LogP contribution is -2.05. The zero-order valence-electron chi connectivity index (χ0n) is 9.95. The molecule has 0 aliphatic rings. The lowest BCUT2D eigenvalue weighted by atomic mass is 10.1. The maximum atomic E-state index is 12.5. The number of aromatic amines is 2. The second-order valence-electron chi connectivity index (χ2n) is 4.24. The summed E-state index contributed by atoms with van der Waals surface area (Å²) in [6, 6.07) is 7.32. The Balaban J connectivity index is 2.14. The summed E-state index contributed by atoms with van der Waals surface area (Å²) in [5, 5.41) is 0. The molecule has 0 fully saturated rings. The smallest absolute Gasteiger partial charge is 0.306 e. The molecule has 1 aromatic carbocycles. The molecule has 2 N–H and O–H groups in total. The summed E-state index contributed by atoms with van der Waals surface area (Å²) in [7, 11) is 0. The van der Waals surface area contributed by atoms with Crippen LogP contribution in [0, 0.1) is 0 Å². The van der Waals surface area contributed by atoms with E-state index in [4.69, 9.17) is 0 Å². The highest BCUT2D eigenvalue weighted by molar-refractivity contribution is 5.90. The Morgan fingerprint density at radius 3 is 2.50 bits per heavy atom. The number of pyridine rings is 1. The number of fused-ring (bicyclic) bond motifs is 1. The van der Waals surface area contributed by atoms with Gasteiger partial charge in [0.25, 0.3) is 0 Å². The normalized spacial score (nSPS) is 11.9. The van der Waals surface area contributed by atoms with Gasteiger partial charge in [-0.05, 0) is 18.2 Å². The van der Waals surface area contributed by atoms with E-state index >= 15 is 0 Å². The van der Waals surface area contributed by atoms with Crippen molar-refractivity contribution in [2.45, 2.75) is 6.18 Å². The van der Waals surface area contributed by atoms with Crippen molar-refractivity contribution >= 4 is 11.0 Å². The molecule has 3 aromatic rings. The maximum Gasteiger partial charge on any atom is 0.417 e. The van der Waals surface area contributed by atoms with E-state index in [1.807, 2.05) is 0 Å². The van der Waals surface area contributed by atoms with Gasteiger partial charge >= 0.3 is 11.9 Å². The van der Waals surface area contributed by atoms with Crippen molar-refractivity contribution in [1.82, 2.24) is 15.0 Å². The molecule has 0 aliphatic heterocycles. The Morgan fingerprint density at radius 2 is 1.85 bits per heavy atom. The molecule has 0 saturated heterocycles. The van der Waals surface area contributed by atoms with E-state index < -0.39 is 11.7 Å². The number of imidazole rings is 1. The molecule has 0 bridgehead atoms. The number of nitrogens with one attached hydrogen (secondary N) is 2. The van der Waals surface area contributed by atoms with Crippen LogP contribution < -0.4 is 5.69 Å². The van der Waals surface area contributed by atoms with Crippen molar-refractivity contribution in [2.24, 2.45) is 0 Å². The number of aromatic nitrogens is 3. The Labute approximate surface area is 110 Å². The van der Waals surface area contributed by atoms with Crippen LogP contribution in [0.3, 0.4) is 0 Å². The largest absolute Gasteiger partial charge is 0.417 e. The molecule has 2 heterocycles. The van der Waals surface area contributed by atoms with Gasteiger partial charge < -0.3 is 9.97 Å². The Morgan fingerprint density at radius 1 is 1.05 bits per heavy atom. The van der Waals surface area contributed by atoms with Crippen molar-refractivity contribution in [3.63, 3.8) is 0 Å². The van der Waals surface area contributed by atoms with Gasteiger partial charge in [-0.2, -0.15) is 13.2 Å². The van der Waals surface area contributed by atoms with Crippen molar-refractivity contribution in [3.05, 3.63) is 52.6 Å². The molecule has 20 heavy (non-hydrogen) atoms. The maximum absolute atomic E-state index is 12.5.